The predicted molar refractivity (Wildman–Crippen MR) is 105 cm³/mol. The van der Waals surface area contributed by atoms with Crippen LogP contribution in [0.15, 0.2) is 30.3 Å². The van der Waals surface area contributed by atoms with E-state index in [0.717, 1.165) is 5.56 Å². The number of esters is 1. The van der Waals surface area contributed by atoms with Crippen molar-refractivity contribution >= 4 is 17.6 Å². The zero-order valence-corrected chi connectivity index (χ0v) is 16.8. The monoisotopic (exact) mass is 405 g/mol. The predicted octanol–water partition coefficient (Wildman–Crippen LogP) is 3.27. The van der Waals surface area contributed by atoms with Crippen LogP contribution >= 0.6 is 0 Å². The molecule has 0 unspecified atom stereocenters. The van der Waals surface area contributed by atoms with E-state index in [4.69, 9.17) is 18.9 Å². The molecule has 8 heteroatoms. The Bertz CT molecular complexity index is 858. The van der Waals surface area contributed by atoms with Gasteiger partial charge in [0.15, 0.2) is 18.1 Å². The number of hydrogen-bond donors (Lipinski definition) is 1. The SMILES string of the molecule is COc1cc(CCC(=O)OCC(=O)Nc2ccc(C)c(F)c2)cc(OC)c1OC. The molecule has 2 aromatic carbocycles. The molecule has 0 saturated carbocycles. The Morgan fingerprint density at radius 1 is 1.00 bits per heavy atom. The quantitative estimate of drug-likeness (QED) is 0.645. The fourth-order valence-corrected chi connectivity index (χ4v) is 2.61. The Kier molecular flexibility index (Phi) is 7.82. The van der Waals surface area contributed by atoms with E-state index in [1.807, 2.05) is 0 Å². The van der Waals surface area contributed by atoms with Crippen molar-refractivity contribution < 1.29 is 32.9 Å². The number of methoxy groups -OCH3 is 3. The van der Waals surface area contributed by atoms with Gasteiger partial charge >= 0.3 is 5.97 Å². The molecule has 1 N–H and O–H groups in total. The largest absolute Gasteiger partial charge is 0.493 e. The lowest BCUT2D eigenvalue weighted by molar-refractivity contribution is -0.147. The molecule has 0 atom stereocenters. The summed E-state index contributed by atoms with van der Waals surface area (Å²) in [5.74, 6) is -0.0751. The molecule has 0 saturated heterocycles. The Morgan fingerprint density at radius 3 is 2.21 bits per heavy atom. The van der Waals surface area contributed by atoms with E-state index in [-0.39, 0.29) is 6.42 Å². The minimum absolute atomic E-state index is 0.0606. The van der Waals surface area contributed by atoms with Gasteiger partial charge in [-0.2, -0.15) is 0 Å². The summed E-state index contributed by atoms with van der Waals surface area (Å²) in [5.41, 5.74) is 1.56. The summed E-state index contributed by atoms with van der Waals surface area (Å²) in [6.45, 7) is 1.17. The topological polar surface area (TPSA) is 83.1 Å². The van der Waals surface area contributed by atoms with E-state index >= 15 is 0 Å². The van der Waals surface area contributed by atoms with Crippen LogP contribution in [0.4, 0.5) is 10.1 Å². The number of carbonyl (C=O) groups is 2. The molecule has 0 heterocycles. The highest BCUT2D eigenvalue weighted by Gasteiger charge is 2.15. The van der Waals surface area contributed by atoms with Crippen molar-refractivity contribution in [3.05, 3.63) is 47.3 Å². The Labute approximate surface area is 168 Å². The lowest BCUT2D eigenvalue weighted by Crippen LogP contribution is -2.21. The molecule has 0 spiro atoms. The Hall–Kier alpha value is -3.29. The van der Waals surface area contributed by atoms with Crippen molar-refractivity contribution in [1.82, 2.24) is 0 Å². The van der Waals surface area contributed by atoms with Crippen LogP contribution in [0.25, 0.3) is 0 Å². The summed E-state index contributed by atoms with van der Waals surface area (Å²) in [6, 6.07) is 7.82. The first kappa shape index (κ1) is 22.0. The average molecular weight is 405 g/mol. The van der Waals surface area contributed by atoms with E-state index in [0.29, 0.717) is 34.9 Å². The molecule has 0 radical (unpaired) electrons. The van der Waals surface area contributed by atoms with Gasteiger partial charge in [0, 0.05) is 12.1 Å². The number of amides is 1. The van der Waals surface area contributed by atoms with E-state index in [2.05, 4.69) is 5.32 Å². The number of nitrogens with one attached hydrogen (secondary N) is 1. The van der Waals surface area contributed by atoms with Gasteiger partial charge in [-0.1, -0.05) is 6.07 Å². The van der Waals surface area contributed by atoms with Gasteiger partial charge in [-0.3, -0.25) is 9.59 Å². The standard InChI is InChI=1S/C21H24FNO6/c1-13-5-7-15(11-16(13)22)23-19(24)12-29-20(25)8-6-14-9-17(26-2)21(28-4)18(10-14)27-3/h5,7,9-11H,6,8,12H2,1-4H3,(H,23,24). The molecule has 0 aliphatic carbocycles. The van der Waals surface area contributed by atoms with Gasteiger partial charge in [0.25, 0.3) is 5.91 Å². The van der Waals surface area contributed by atoms with Crippen molar-refractivity contribution in [2.75, 3.05) is 33.3 Å². The number of rotatable bonds is 9. The number of carbonyl (C=O) groups excluding carboxylic acids is 2. The van der Waals surface area contributed by atoms with Gasteiger partial charge in [0.05, 0.1) is 21.3 Å². The zero-order valence-electron chi connectivity index (χ0n) is 16.8. The second-order valence-corrected chi connectivity index (χ2v) is 6.21. The van der Waals surface area contributed by atoms with E-state index < -0.39 is 24.3 Å². The number of benzene rings is 2. The first-order valence-electron chi connectivity index (χ1n) is 8.88. The smallest absolute Gasteiger partial charge is 0.306 e. The van der Waals surface area contributed by atoms with Crippen LogP contribution in [0, 0.1) is 12.7 Å². The van der Waals surface area contributed by atoms with Crippen LogP contribution < -0.4 is 19.5 Å². The molecule has 0 fully saturated rings. The molecule has 156 valence electrons. The molecule has 0 aliphatic heterocycles. The van der Waals surface area contributed by atoms with Crippen molar-refractivity contribution in [2.45, 2.75) is 19.8 Å². The van der Waals surface area contributed by atoms with Crippen LogP contribution in [0.1, 0.15) is 17.5 Å². The summed E-state index contributed by atoms with van der Waals surface area (Å²) in [7, 11) is 4.52. The fraction of sp³-hybridized carbons (Fsp3) is 0.333. The van der Waals surface area contributed by atoms with Crippen LogP contribution in [-0.4, -0.2) is 39.8 Å². The molecule has 2 aromatic rings. The molecular formula is C21H24FNO6. The summed E-state index contributed by atoms with van der Waals surface area (Å²) in [6.07, 6.45) is 0.422. The number of aryl methyl sites for hydroxylation is 2. The van der Waals surface area contributed by atoms with Gasteiger partial charge in [-0.25, -0.2) is 4.39 Å². The van der Waals surface area contributed by atoms with Gasteiger partial charge in [0.2, 0.25) is 5.75 Å². The Morgan fingerprint density at radius 2 is 1.66 bits per heavy atom. The first-order valence-corrected chi connectivity index (χ1v) is 8.88. The lowest BCUT2D eigenvalue weighted by atomic mass is 10.1. The van der Waals surface area contributed by atoms with Crippen molar-refractivity contribution in [2.24, 2.45) is 0 Å². The summed E-state index contributed by atoms with van der Waals surface area (Å²) < 4.78 is 34.3. The van der Waals surface area contributed by atoms with Gasteiger partial charge in [-0.05, 0) is 48.7 Å². The second kappa shape index (κ2) is 10.3. The van der Waals surface area contributed by atoms with Crippen molar-refractivity contribution in [3.8, 4) is 17.2 Å². The highest BCUT2D eigenvalue weighted by atomic mass is 19.1. The molecular weight excluding hydrogens is 381 g/mol. The fourth-order valence-electron chi connectivity index (χ4n) is 2.61. The molecule has 7 nitrogen and oxygen atoms in total. The van der Waals surface area contributed by atoms with Crippen LogP contribution in [-0.2, 0) is 20.7 Å². The molecule has 0 bridgehead atoms. The van der Waals surface area contributed by atoms with Gasteiger partial charge in [-0.15, -0.1) is 0 Å². The summed E-state index contributed by atoms with van der Waals surface area (Å²) in [4.78, 5) is 23.8. The van der Waals surface area contributed by atoms with Crippen molar-refractivity contribution in [1.29, 1.82) is 0 Å². The second-order valence-electron chi connectivity index (χ2n) is 6.21. The zero-order chi connectivity index (χ0) is 21.4. The van der Waals surface area contributed by atoms with Crippen molar-refractivity contribution in [3.63, 3.8) is 0 Å². The molecule has 29 heavy (non-hydrogen) atoms. The highest BCUT2D eigenvalue weighted by molar-refractivity contribution is 5.92. The minimum atomic E-state index is -0.547. The van der Waals surface area contributed by atoms with E-state index in [1.54, 1.807) is 31.2 Å². The van der Waals surface area contributed by atoms with E-state index in [9.17, 15) is 14.0 Å². The summed E-state index contributed by atoms with van der Waals surface area (Å²) >= 11 is 0. The molecule has 1 amide bonds. The number of ether oxygens (including phenoxy) is 4. The average Bonchev–Trinajstić information content (AvgIpc) is 2.72. The van der Waals surface area contributed by atoms with Gasteiger partial charge in [0.1, 0.15) is 5.82 Å². The third-order valence-electron chi connectivity index (χ3n) is 4.16. The number of halogens is 1. The lowest BCUT2D eigenvalue weighted by Gasteiger charge is -2.14. The molecule has 0 aromatic heterocycles. The van der Waals surface area contributed by atoms with E-state index in [1.165, 1.54) is 27.4 Å². The first-order chi connectivity index (χ1) is 13.9. The highest BCUT2D eigenvalue weighted by Crippen LogP contribution is 2.38. The normalized spacial score (nSPS) is 10.2. The van der Waals surface area contributed by atoms with Crippen LogP contribution in [0.5, 0.6) is 17.2 Å². The molecule has 0 aliphatic rings. The number of anilines is 1. The number of hydrogen-bond acceptors (Lipinski definition) is 6. The molecule has 2 rings (SSSR count). The van der Waals surface area contributed by atoms with Crippen LogP contribution in [0.2, 0.25) is 0 Å². The maximum Gasteiger partial charge on any atom is 0.306 e. The summed E-state index contributed by atoms with van der Waals surface area (Å²) in [5, 5.41) is 2.48. The minimum Gasteiger partial charge on any atom is -0.493 e. The van der Waals surface area contributed by atoms with Crippen LogP contribution in [0.3, 0.4) is 0 Å². The third-order valence-corrected chi connectivity index (χ3v) is 4.16. The Balaban J connectivity index is 1.86. The van der Waals surface area contributed by atoms with Gasteiger partial charge < -0.3 is 24.3 Å². The maximum atomic E-state index is 13.5. The third kappa shape index (κ3) is 6.10. The maximum absolute atomic E-state index is 13.5.